The third-order valence-corrected chi connectivity index (χ3v) is 6.21. The maximum atomic E-state index is 15.2. The quantitative estimate of drug-likeness (QED) is 0.349. The first-order valence-electron chi connectivity index (χ1n) is 10.7. The van der Waals surface area contributed by atoms with Crippen LogP contribution in [0.15, 0.2) is 36.4 Å². The highest BCUT2D eigenvalue weighted by atomic mass is 19.2. The Kier molecular flexibility index (Phi) is 6.31. The first-order chi connectivity index (χ1) is 15.3. The van der Waals surface area contributed by atoms with Gasteiger partial charge in [0.2, 0.25) is 0 Å². The Balaban J connectivity index is 1.69. The molecular weight excluding hydrogens is 426 g/mol. The Hall–Kier alpha value is -2.76. The second-order valence-electron chi connectivity index (χ2n) is 8.30. The van der Waals surface area contributed by atoms with Gasteiger partial charge in [0.1, 0.15) is 23.3 Å². The Morgan fingerprint density at radius 1 is 0.844 bits per heavy atom. The zero-order valence-corrected chi connectivity index (χ0v) is 17.6. The highest BCUT2D eigenvalue weighted by molar-refractivity contribution is 5.68. The SMILES string of the molecule is CCCCc1cc(F)c(C2CCc3c(cc(F)c(-c4cccc(F)c4F)c3F)C2)c(F)c1. The minimum absolute atomic E-state index is 0.0528. The Labute approximate surface area is 182 Å². The lowest BCUT2D eigenvalue weighted by Gasteiger charge is -2.27. The second kappa shape index (κ2) is 9.00. The van der Waals surface area contributed by atoms with E-state index in [1.807, 2.05) is 6.92 Å². The summed E-state index contributed by atoms with van der Waals surface area (Å²) in [6.45, 7) is 1.99. The van der Waals surface area contributed by atoms with Crippen molar-refractivity contribution >= 4 is 0 Å². The highest BCUT2D eigenvalue weighted by Gasteiger charge is 2.30. The van der Waals surface area contributed by atoms with Gasteiger partial charge >= 0.3 is 0 Å². The van der Waals surface area contributed by atoms with Crippen molar-refractivity contribution in [1.82, 2.24) is 0 Å². The molecule has 0 heterocycles. The lowest BCUT2D eigenvalue weighted by molar-refractivity contribution is 0.476. The van der Waals surface area contributed by atoms with Crippen LogP contribution in [-0.2, 0) is 19.3 Å². The van der Waals surface area contributed by atoms with Gasteiger partial charge in [0.05, 0.1) is 5.56 Å². The molecule has 1 aliphatic carbocycles. The summed E-state index contributed by atoms with van der Waals surface area (Å²) in [6.07, 6.45) is 2.71. The van der Waals surface area contributed by atoms with Crippen LogP contribution in [0, 0.1) is 34.9 Å². The molecule has 4 rings (SSSR count). The zero-order valence-electron chi connectivity index (χ0n) is 17.6. The van der Waals surface area contributed by atoms with Crippen molar-refractivity contribution in [3.8, 4) is 11.1 Å². The minimum atomic E-state index is -1.33. The third kappa shape index (κ3) is 4.03. The molecule has 168 valence electrons. The van der Waals surface area contributed by atoms with Crippen molar-refractivity contribution in [3.05, 3.63) is 93.6 Å². The average molecular weight is 448 g/mol. The van der Waals surface area contributed by atoms with E-state index >= 15 is 4.39 Å². The highest BCUT2D eigenvalue weighted by Crippen LogP contribution is 2.40. The molecule has 32 heavy (non-hydrogen) atoms. The van der Waals surface area contributed by atoms with Crippen molar-refractivity contribution in [3.63, 3.8) is 0 Å². The molecule has 0 amide bonds. The maximum Gasteiger partial charge on any atom is 0.166 e. The van der Waals surface area contributed by atoms with Crippen LogP contribution in [0.2, 0.25) is 0 Å². The summed E-state index contributed by atoms with van der Waals surface area (Å²) in [5.74, 6) is -6.40. The number of hydrogen-bond donors (Lipinski definition) is 0. The van der Waals surface area contributed by atoms with Crippen molar-refractivity contribution < 1.29 is 26.3 Å². The summed E-state index contributed by atoms with van der Waals surface area (Å²) in [4.78, 5) is 0. The molecule has 1 atom stereocenters. The molecule has 3 aromatic carbocycles. The van der Waals surface area contributed by atoms with E-state index in [4.69, 9.17) is 0 Å². The fraction of sp³-hybridized carbons (Fsp3) is 0.308. The van der Waals surface area contributed by atoms with E-state index in [-0.39, 0.29) is 36.0 Å². The average Bonchev–Trinajstić information content (AvgIpc) is 2.74. The van der Waals surface area contributed by atoms with Gasteiger partial charge in [-0.15, -0.1) is 0 Å². The predicted molar refractivity (Wildman–Crippen MR) is 111 cm³/mol. The van der Waals surface area contributed by atoms with E-state index in [1.54, 1.807) is 0 Å². The summed E-state index contributed by atoms with van der Waals surface area (Å²) >= 11 is 0. The third-order valence-electron chi connectivity index (χ3n) is 6.21. The molecule has 0 bridgehead atoms. The van der Waals surface area contributed by atoms with Crippen LogP contribution in [0.3, 0.4) is 0 Å². The number of rotatable bonds is 5. The molecule has 0 spiro atoms. The number of unbranched alkanes of at least 4 members (excludes halogenated alkanes) is 1. The van der Waals surface area contributed by atoms with Crippen molar-refractivity contribution in [2.24, 2.45) is 0 Å². The molecule has 0 saturated carbocycles. The first-order valence-corrected chi connectivity index (χ1v) is 10.7. The molecule has 0 N–H and O–H groups in total. The molecular formula is C26H22F6. The summed E-state index contributed by atoms with van der Waals surface area (Å²) in [5, 5.41) is 0. The summed E-state index contributed by atoms with van der Waals surface area (Å²) in [5.41, 5.74) is -0.161. The Bertz CT molecular complexity index is 1140. The topological polar surface area (TPSA) is 0 Å². The fourth-order valence-electron chi connectivity index (χ4n) is 4.59. The van der Waals surface area contributed by atoms with Crippen LogP contribution < -0.4 is 0 Å². The fourth-order valence-corrected chi connectivity index (χ4v) is 4.59. The van der Waals surface area contributed by atoms with Crippen LogP contribution in [-0.4, -0.2) is 0 Å². The van der Waals surface area contributed by atoms with E-state index < -0.39 is 51.9 Å². The number of halogens is 6. The van der Waals surface area contributed by atoms with Gasteiger partial charge in [-0.25, -0.2) is 26.3 Å². The molecule has 6 heteroatoms. The molecule has 1 unspecified atom stereocenters. The number of aryl methyl sites for hydroxylation is 1. The summed E-state index contributed by atoms with van der Waals surface area (Å²) in [7, 11) is 0. The van der Waals surface area contributed by atoms with Crippen LogP contribution in [0.5, 0.6) is 0 Å². The van der Waals surface area contributed by atoms with Crippen molar-refractivity contribution in [1.29, 1.82) is 0 Å². The monoisotopic (exact) mass is 448 g/mol. The van der Waals surface area contributed by atoms with Crippen molar-refractivity contribution in [2.75, 3.05) is 0 Å². The molecule has 0 aliphatic heterocycles. The summed E-state index contributed by atoms with van der Waals surface area (Å²) < 4.78 is 87.3. The predicted octanol–water partition coefficient (Wildman–Crippen LogP) is 7.80. The van der Waals surface area contributed by atoms with Crippen LogP contribution >= 0.6 is 0 Å². The number of benzene rings is 3. The Morgan fingerprint density at radius 2 is 1.56 bits per heavy atom. The standard InChI is InChI=1S/C26H22F6/c1-2-3-5-14-10-20(28)23(21(29)11-14)15-8-9-17-16(12-15)13-22(30)24(26(17)32)18-6-4-7-19(27)25(18)31/h4,6-7,10-11,13,15H,2-3,5,8-9,12H2,1H3. The van der Waals surface area contributed by atoms with Crippen LogP contribution in [0.1, 0.15) is 54.4 Å². The van der Waals surface area contributed by atoms with Gasteiger partial charge in [-0.1, -0.05) is 25.5 Å². The largest absolute Gasteiger partial charge is 0.207 e. The number of fused-ring (bicyclic) bond motifs is 1. The van der Waals surface area contributed by atoms with Crippen LogP contribution in [0.4, 0.5) is 26.3 Å². The molecule has 0 fully saturated rings. The van der Waals surface area contributed by atoms with Gasteiger partial charge < -0.3 is 0 Å². The smallest absolute Gasteiger partial charge is 0.166 e. The second-order valence-corrected chi connectivity index (χ2v) is 8.30. The Morgan fingerprint density at radius 3 is 2.25 bits per heavy atom. The van der Waals surface area contributed by atoms with Gasteiger partial charge in [-0.2, -0.15) is 0 Å². The molecule has 0 saturated heterocycles. The zero-order chi connectivity index (χ0) is 23.0. The van der Waals surface area contributed by atoms with Gasteiger partial charge in [0.25, 0.3) is 0 Å². The van der Waals surface area contributed by atoms with E-state index in [9.17, 15) is 22.0 Å². The normalized spacial score (nSPS) is 15.7. The van der Waals surface area contributed by atoms with Gasteiger partial charge in [0, 0.05) is 11.1 Å². The van der Waals surface area contributed by atoms with E-state index in [0.29, 0.717) is 12.0 Å². The molecule has 0 nitrogen and oxygen atoms in total. The lowest BCUT2D eigenvalue weighted by Crippen LogP contribution is -2.18. The first kappa shape index (κ1) is 22.4. The van der Waals surface area contributed by atoms with Gasteiger partial charge in [-0.3, -0.25) is 0 Å². The van der Waals surface area contributed by atoms with Gasteiger partial charge in [0.15, 0.2) is 11.6 Å². The molecule has 0 radical (unpaired) electrons. The molecule has 3 aromatic rings. The lowest BCUT2D eigenvalue weighted by atomic mass is 9.78. The minimum Gasteiger partial charge on any atom is -0.207 e. The van der Waals surface area contributed by atoms with Crippen LogP contribution in [0.25, 0.3) is 11.1 Å². The molecule has 0 aromatic heterocycles. The summed E-state index contributed by atoms with van der Waals surface area (Å²) in [6, 6.07) is 6.89. The van der Waals surface area contributed by atoms with E-state index in [0.717, 1.165) is 31.0 Å². The van der Waals surface area contributed by atoms with E-state index in [2.05, 4.69) is 0 Å². The molecule has 1 aliphatic rings. The maximum absolute atomic E-state index is 15.2. The van der Waals surface area contributed by atoms with Gasteiger partial charge in [-0.05, 0) is 79.0 Å². The van der Waals surface area contributed by atoms with E-state index in [1.165, 1.54) is 18.2 Å². The van der Waals surface area contributed by atoms with Crippen molar-refractivity contribution in [2.45, 2.75) is 51.4 Å². The number of hydrogen-bond acceptors (Lipinski definition) is 0.